The standard InChI is InChI=1S/C16H16N2OS3/c1-11(13-5-3-7-20-13)18(2)15(19)9-12-10-22-16(17-12)14-6-4-8-21-14/h3-8,10-11H,9H2,1-2H3. The molecule has 0 fully saturated rings. The van der Waals surface area contributed by atoms with Crippen molar-refractivity contribution in [3.05, 3.63) is 51.0 Å². The number of aromatic nitrogens is 1. The van der Waals surface area contributed by atoms with Crippen molar-refractivity contribution < 1.29 is 4.79 Å². The molecule has 3 rings (SSSR count). The third-order valence-electron chi connectivity index (χ3n) is 3.55. The van der Waals surface area contributed by atoms with Crippen LogP contribution in [0.3, 0.4) is 0 Å². The number of likely N-dealkylation sites (N-methyl/N-ethyl adjacent to an activating group) is 1. The van der Waals surface area contributed by atoms with Crippen LogP contribution in [0.15, 0.2) is 40.4 Å². The van der Waals surface area contributed by atoms with Crippen molar-refractivity contribution in [3.8, 4) is 9.88 Å². The van der Waals surface area contributed by atoms with Gasteiger partial charge in [-0.2, -0.15) is 0 Å². The van der Waals surface area contributed by atoms with Crippen LogP contribution in [0, 0.1) is 0 Å². The van der Waals surface area contributed by atoms with Crippen LogP contribution in [-0.4, -0.2) is 22.8 Å². The van der Waals surface area contributed by atoms with Crippen molar-refractivity contribution in [2.24, 2.45) is 0 Å². The van der Waals surface area contributed by atoms with Gasteiger partial charge in [-0.25, -0.2) is 4.98 Å². The first-order chi connectivity index (χ1) is 10.6. The van der Waals surface area contributed by atoms with Crippen molar-refractivity contribution in [2.45, 2.75) is 19.4 Å². The lowest BCUT2D eigenvalue weighted by atomic mass is 10.2. The van der Waals surface area contributed by atoms with E-state index >= 15 is 0 Å². The minimum Gasteiger partial charge on any atom is -0.338 e. The molecule has 1 amide bonds. The minimum atomic E-state index is 0.0999. The number of thiophene rings is 2. The van der Waals surface area contributed by atoms with E-state index in [1.165, 1.54) is 4.88 Å². The van der Waals surface area contributed by atoms with Crippen LogP contribution in [0.5, 0.6) is 0 Å². The third-order valence-corrected chi connectivity index (χ3v) is 6.52. The summed E-state index contributed by atoms with van der Waals surface area (Å²) in [5, 5.41) is 7.05. The zero-order chi connectivity index (χ0) is 15.5. The van der Waals surface area contributed by atoms with Crippen LogP contribution in [0.2, 0.25) is 0 Å². The second-order valence-electron chi connectivity index (χ2n) is 4.99. The van der Waals surface area contributed by atoms with Gasteiger partial charge in [-0.15, -0.1) is 34.0 Å². The Morgan fingerprint density at radius 3 is 2.68 bits per heavy atom. The monoisotopic (exact) mass is 348 g/mol. The summed E-state index contributed by atoms with van der Waals surface area (Å²) in [4.78, 5) is 21.2. The van der Waals surface area contributed by atoms with E-state index in [0.717, 1.165) is 15.6 Å². The molecule has 1 atom stereocenters. The Labute approximate surface area is 141 Å². The quantitative estimate of drug-likeness (QED) is 0.670. The Morgan fingerprint density at radius 2 is 2.00 bits per heavy atom. The molecule has 6 heteroatoms. The Morgan fingerprint density at radius 1 is 1.23 bits per heavy atom. The van der Waals surface area contributed by atoms with Crippen LogP contribution in [0.1, 0.15) is 23.5 Å². The second-order valence-corrected chi connectivity index (χ2v) is 7.78. The van der Waals surface area contributed by atoms with Gasteiger partial charge in [0.2, 0.25) is 5.91 Å². The summed E-state index contributed by atoms with van der Waals surface area (Å²) >= 11 is 4.95. The maximum Gasteiger partial charge on any atom is 0.228 e. The Kier molecular flexibility index (Phi) is 4.71. The molecule has 0 saturated carbocycles. The number of thiazole rings is 1. The summed E-state index contributed by atoms with van der Waals surface area (Å²) in [6, 6.07) is 8.25. The van der Waals surface area contributed by atoms with Crippen molar-refractivity contribution >= 4 is 39.9 Å². The number of carbonyl (C=O) groups is 1. The van der Waals surface area contributed by atoms with Gasteiger partial charge in [0, 0.05) is 17.3 Å². The van der Waals surface area contributed by atoms with Crippen molar-refractivity contribution in [1.82, 2.24) is 9.88 Å². The topological polar surface area (TPSA) is 33.2 Å². The molecule has 1 unspecified atom stereocenters. The Bertz CT molecular complexity index is 731. The number of carbonyl (C=O) groups excluding carboxylic acids is 1. The summed E-state index contributed by atoms with van der Waals surface area (Å²) in [6.07, 6.45) is 0.355. The molecule has 3 heterocycles. The highest BCUT2D eigenvalue weighted by Gasteiger charge is 2.19. The normalized spacial score (nSPS) is 12.3. The highest BCUT2D eigenvalue weighted by atomic mass is 32.1. The predicted molar refractivity (Wildman–Crippen MR) is 94.6 cm³/mol. The molecule has 0 aliphatic heterocycles. The molecular weight excluding hydrogens is 332 g/mol. The van der Waals surface area contributed by atoms with E-state index in [1.807, 2.05) is 35.3 Å². The van der Waals surface area contributed by atoms with Crippen LogP contribution in [0.25, 0.3) is 9.88 Å². The largest absolute Gasteiger partial charge is 0.338 e. The molecule has 114 valence electrons. The molecule has 3 nitrogen and oxygen atoms in total. The van der Waals surface area contributed by atoms with Gasteiger partial charge in [-0.05, 0) is 29.8 Å². The van der Waals surface area contributed by atoms with Crippen LogP contribution in [-0.2, 0) is 11.2 Å². The number of rotatable bonds is 5. The van der Waals surface area contributed by atoms with E-state index in [0.29, 0.717) is 6.42 Å². The molecule has 0 saturated heterocycles. The molecule has 0 aliphatic rings. The fourth-order valence-electron chi connectivity index (χ4n) is 2.12. The van der Waals surface area contributed by atoms with E-state index in [9.17, 15) is 4.79 Å². The number of hydrogen-bond acceptors (Lipinski definition) is 5. The van der Waals surface area contributed by atoms with Gasteiger partial charge in [-0.3, -0.25) is 4.79 Å². The van der Waals surface area contributed by atoms with Crippen molar-refractivity contribution in [3.63, 3.8) is 0 Å². The van der Waals surface area contributed by atoms with Crippen molar-refractivity contribution in [2.75, 3.05) is 7.05 Å². The zero-order valence-corrected chi connectivity index (χ0v) is 14.8. The van der Waals surface area contributed by atoms with Gasteiger partial charge in [0.1, 0.15) is 5.01 Å². The zero-order valence-electron chi connectivity index (χ0n) is 12.4. The van der Waals surface area contributed by atoms with E-state index in [-0.39, 0.29) is 11.9 Å². The van der Waals surface area contributed by atoms with E-state index in [1.54, 1.807) is 38.9 Å². The molecule has 0 aromatic carbocycles. The van der Waals surface area contributed by atoms with Gasteiger partial charge in [0.15, 0.2) is 0 Å². The first kappa shape index (κ1) is 15.4. The highest BCUT2D eigenvalue weighted by molar-refractivity contribution is 7.20. The summed E-state index contributed by atoms with van der Waals surface area (Å²) < 4.78 is 0. The molecule has 0 spiro atoms. The molecule has 0 aliphatic carbocycles. The lowest BCUT2D eigenvalue weighted by Gasteiger charge is -2.23. The molecule has 0 N–H and O–H groups in total. The average Bonchev–Trinajstić information content (AvgIpc) is 3.25. The van der Waals surface area contributed by atoms with Crippen LogP contribution < -0.4 is 0 Å². The fraction of sp³-hybridized carbons (Fsp3) is 0.250. The van der Waals surface area contributed by atoms with E-state index in [4.69, 9.17) is 0 Å². The minimum absolute atomic E-state index is 0.0999. The van der Waals surface area contributed by atoms with E-state index in [2.05, 4.69) is 24.0 Å². The molecule has 3 aromatic rings. The summed E-state index contributed by atoms with van der Waals surface area (Å²) in [5.74, 6) is 0.101. The Balaban J connectivity index is 1.66. The molecule has 0 bridgehead atoms. The van der Waals surface area contributed by atoms with Crippen LogP contribution >= 0.6 is 34.0 Å². The fourth-order valence-corrected chi connectivity index (χ4v) is 4.58. The summed E-state index contributed by atoms with van der Waals surface area (Å²) in [6.45, 7) is 2.06. The summed E-state index contributed by atoms with van der Waals surface area (Å²) in [5.41, 5.74) is 0.851. The summed E-state index contributed by atoms with van der Waals surface area (Å²) in [7, 11) is 1.86. The molecule has 3 aromatic heterocycles. The van der Waals surface area contributed by atoms with Gasteiger partial charge in [0.25, 0.3) is 0 Å². The lowest BCUT2D eigenvalue weighted by Crippen LogP contribution is -2.30. The third kappa shape index (κ3) is 3.29. The number of hydrogen-bond donors (Lipinski definition) is 0. The molecule has 0 radical (unpaired) electrons. The molecule has 22 heavy (non-hydrogen) atoms. The van der Waals surface area contributed by atoms with Crippen LogP contribution in [0.4, 0.5) is 0 Å². The second kappa shape index (κ2) is 6.73. The van der Waals surface area contributed by atoms with Gasteiger partial charge >= 0.3 is 0 Å². The number of nitrogens with zero attached hydrogens (tertiary/aromatic N) is 2. The average molecular weight is 349 g/mol. The predicted octanol–water partition coefficient (Wildman–Crippen LogP) is 4.70. The maximum atomic E-state index is 12.4. The van der Waals surface area contributed by atoms with E-state index < -0.39 is 0 Å². The SMILES string of the molecule is CC(c1cccs1)N(C)C(=O)Cc1csc(-c2cccs2)n1. The highest BCUT2D eigenvalue weighted by Crippen LogP contribution is 2.28. The maximum absolute atomic E-state index is 12.4. The van der Waals surface area contributed by atoms with Gasteiger partial charge in [-0.1, -0.05) is 12.1 Å². The first-order valence-electron chi connectivity index (χ1n) is 6.92. The smallest absolute Gasteiger partial charge is 0.228 e. The molecular formula is C16H16N2OS3. The van der Waals surface area contributed by atoms with Gasteiger partial charge in [0.05, 0.1) is 23.0 Å². The lowest BCUT2D eigenvalue weighted by molar-refractivity contribution is -0.131. The Hall–Kier alpha value is -1.50. The first-order valence-corrected chi connectivity index (χ1v) is 9.56. The van der Waals surface area contributed by atoms with Crippen molar-refractivity contribution in [1.29, 1.82) is 0 Å². The number of amides is 1. The van der Waals surface area contributed by atoms with Gasteiger partial charge < -0.3 is 4.90 Å².